The van der Waals surface area contributed by atoms with Crippen LogP contribution in [0.5, 0.6) is 0 Å². The molecule has 0 saturated heterocycles. The molecule has 0 aliphatic rings. The first kappa shape index (κ1) is 15.9. The molecule has 0 aromatic carbocycles. The molecule has 56 valence electrons. The molecule has 0 saturated carbocycles. The van der Waals surface area contributed by atoms with Gasteiger partial charge in [-0.2, -0.15) is 0 Å². The Balaban J connectivity index is -0.000000125. The van der Waals surface area contributed by atoms with Gasteiger partial charge in [-0.25, -0.2) is 0 Å². The molecule has 0 radical (unpaired) electrons. The molecule has 8 heavy (non-hydrogen) atoms. The first-order valence-corrected chi connectivity index (χ1v) is 1.87. The van der Waals surface area contributed by atoms with Crippen LogP contribution < -0.4 is 0 Å². The van der Waals surface area contributed by atoms with E-state index in [1.807, 2.05) is 6.92 Å². The molecule has 0 N–H and O–H groups in total. The van der Waals surface area contributed by atoms with Crippen molar-refractivity contribution in [1.29, 1.82) is 0 Å². The largest absolute Gasteiger partial charge is 0.356 e. The molecule has 0 aromatic heterocycles. The van der Waals surface area contributed by atoms with Crippen molar-refractivity contribution >= 4 is 12.4 Å². The van der Waals surface area contributed by atoms with Crippen LogP contribution in [0.1, 0.15) is 6.92 Å². The fraction of sp³-hybridized carbons (Fsp3) is 1.00. The molecular formula is C4H11ClNiO2. The number of rotatable bonds is 2. The van der Waals surface area contributed by atoms with Crippen molar-refractivity contribution in [3.8, 4) is 0 Å². The Kier molecular flexibility index (Phi) is 21.1. The van der Waals surface area contributed by atoms with Crippen molar-refractivity contribution in [2.24, 2.45) is 0 Å². The molecule has 0 atom stereocenters. The van der Waals surface area contributed by atoms with Crippen LogP contribution in [0.4, 0.5) is 0 Å². The summed E-state index contributed by atoms with van der Waals surface area (Å²) in [6.45, 7) is 1.83. The van der Waals surface area contributed by atoms with Gasteiger partial charge >= 0.3 is 0 Å². The van der Waals surface area contributed by atoms with E-state index in [1.54, 1.807) is 14.2 Å². The minimum Gasteiger partial charge on any atom is -0.356 e. The van der Waals surface area contributed by atoms with Crippen molar-refractivity contribution in [2.45, 2.75) is 13.2 Å². The minimum atomic E-state index is -0.0648. The molecule has 0 amide bonds. The summed E-state index contributed by atoms with van der Waals surface area (Å²) in [5, 5.41) is 0. The van der Waals surface area contributed by atoms with Crippen LogP contribution in [0, 0.1) is 0 Å². The van der Waals surface area contributed by atoms with E-state index in [2.05, 4.69) is 9.47 Å². The normalized spacial score (nSPS) is 7.50. The monoisotopic (exact) mass is 184 g/mol. The van der Waals surface area contributed by atoms with Crippen molar-refractivity contribution < 1.29 is 26.0 Å². The molecule has 4 heteroatoms. The first-order valence-electron chi connectivity index (χ1n) is 1.87. The summed E-state index contributed by atoms with van der Waals surface area (Å²) in [4.78, 5) is 0. The number of hydrogen-bond acceptors (Lipinski definition) is 2. The summed E-state index contributed by atoms with van der Waals surface area (Å²) < 4.78 is 9.35. The summed E-state index contributed by atoms with van der Waals surface area (Å²) in [6.07, 6.45) is -0.0648. The zero-order chi connectivity index (χ0) is 4.99. The molecule has 0 unspecified atom stereocenters. The second kappa shape index (κ2) is 10.6. The quantitative estimate of drug-likeness (QED) is 0.473. The minimum absolute atomic E-state index is 0. The van der Waals surface area contributed by atoms with Gasteiger partial charge in [0.15, 0.2) is 6.29 Å². The fourth-order valence-electron chi connectivity index (χ4n) is 0.0962. The van der Waals surface area contributed by atoms with E-state index in [0.29, 0.717) is 0 Å². The maximum Gasteiger partial charge on any atom is 0.154 e. The van der Waals surface area contributed by atoms with Crippen LogP contribution in [-0.4, -0.2) is 20.5 Å². The molecule has 0 aliphatic heterocycles. The van der Waals surface area contributed by atoms with Gasteiger partial charge in [-0.1, -0.05) is 0 Å². The van der Waals surface area contributed by atoms with Crippen LogP contribution in [0.25, 0.3) is 0 Å². The van der Waals surface area contributed by atoms with E-state index in [9.17, 15) is 0 Å². The van der Waals surface area contributed by atoms with Crippen molar-refractivity contribution in [3.05, 3.63) is 0 Å². The second-order valence-electron chi connectivity index (χ2n) is 1.04. The van der Waals surface area contributed by atoms with Crippen molar-refractivity contribution in [3.63, 3.8) is 0 Å². The van der Waals surface area contributed by atoms with Gasteiger partial charge in [-0.05, 0) is 6.92 Å². The predicted molar refractivity (Wildman–Crippen MR) is 30.7 cm³/mol. The molecule has 0 aromatic rings. The average Bonchev–Trinajstić information content (AvgIpc) is 1.65. The SMILES string of the molecule is COC(C)OC.Cl.[Ni]. The zero-order valence-corrected chi connectivity index (χ0v) is 6.92. The van der Waals surface area contributed by atoms with Gasteiger partial charge in [0.1, 0.15) is 0 Å². The predicted octanol–water partition coefficient (Wildman–Crippen LogP) is 1.04. The summed E-state index contributed by atoms with van der Waals surface area (Å²) in [5.74, 6) is 0. The Labute approximate surface area is 66.3 Å². The van der Waals surface area contributed by atoms with Crippen molar-refractivity contribution in [1.82, 2.24) is 0 Å². The van der Waals surface area contributed by atoms with E-state index in [4.69, 9.17) is 0 Å². The van der Waals surface area contributed by atoms with Gasteiger partial charge in [0, 0.05) is 30.7 Å². The summed E-state index contributed by atoms with van der Waals surface area (Å²) in [6, 6.07) is 0. The summed E-state index contributed by atoms with van der Waals surface area (Å²) >= 11 is 0. The van der Waals surface area contributed by atoms with E-state index in [0.717, 1.165) is 0 Å². The molecule has 0 heterocycles. The molecule has 0 rings (SSSR count). The third-order valence-electron chi connectivity index (χ3n) is 0.664. The second-order valence-corrected chi connectivity index (χ2v) is 1.04. The Bertz CT molecular complexity index is 33.2. The fourth-order valence-corrected chi connectivity index (χ4v) is 0.0962. The third kappa shape index (κ3) is 9.86. The smallest absolute Gasteiger partial charge is 0.154 e. The third-order valence-corrected chi connectivity index (χ3v) is 0.664. The molecular weight excluding hydrogens is 174 g/mol. The summed E-state index contributed by atoms with van der Waals surface area (Å²) in [7, 11) is 3.21. The first-order chi connectivity index (χ1) is 2.81. The molecule has 0 bridgehead atoms. The van der Waals surface area contributed by atoms with Crippen molar-refractivity contribution in [2.75, 3.05) is 14.2 Å². The van der Waals surface area contributed by atoms with Gasteiger partial charge < -0.3 is 9.47 Å². The van der Waals surface area contributed by atoms with E-state index in [1.165, 1.54) is 0 Å². The Morgan fingerprint density at radius 2 is 1.38 bits per heavy atom. The van der Waals surface area contributed by atoms with Crippen LogP contribution >= 0.6 is 12.4 Å². The Hall–Kier alpha value is 0.704. The summed E-state index contributed by atoms with van der Waals surface area (Å²) in [5.41, 5.74) is 0. The number of ether oxygens (including phenoxy) is 2. The Morgan fingerprint density at radius 3 is 1.38 bits per heavy atom. The van der Waals surface area contributed by atoms with Crippen LogP contribution in [0.15, 0.2) is 0 Å². The van der Waals surface area contributed by atoms with E-state index >= 15 is 0 Å². The number of hydrogen-bond donors (Lipinski definition) is 0. The van der Waals surface area contributed by atoms with Gasteiger partial charge in [0.05, 0.1) is 0 Å². The number of halogens is 1. The zero-order valence-electron chi connectivity index (χ0n) is 5.12. The molecule has 0 spiro atoms. The topological polar surface area (TPSA) is 18.5 Å². The van der Waals surface area contributed by atoms with Gasteiger partial charge in [0.25, 0.3) is 0 Å². The van der Waals surface area contributed by atoms with Gasteiger partial charge in [-0.15, -0.1) is 12.4 Å². The van der Waals surface area contributed by atoms with Crippen LogP contribution in [0.3, 0.4) is 0 Å². The molecule has 2 nitrogen and oxygen atoms in total. The average molecular weight is 185 g/mol. The van der Waals surface area contributed by atoms with Crippen LogP contribution in [0.2, 0.25) is 0 Å². The van der Waals surface area contributed by atoms with E-state index in [-0.39, 0.29) is 35.2 Å². The van der Waals surface area contributed by atoms with Gasteiger partial charge in [-0.3, -0.25) is 0 Å². The van der Waals surface area contributed by atoms with E-state index < -0.39 is 0 Å². The molecule has 0 fully saturated rings. The maximum absolute atomic E-state index is 4.68. The number of methoxy groups -OCH3 is 2. The standard InChI is InChI=1S/C4H10O2.ClH.Ni/c1-4(5-2)6-3;;/h4H,1-3H3;1H;. The maximum atomic E-state index is 4.68. The Morgan fingerprint density at radius 1 is 1.12 bits per heavy atom. The van der Waals surface area contributed by atoms with Crippen LogP contribution in [-0.2, 0) is 26.0 Å². The molecule has 0 aliphatic carbocycles. The van der Waals surface area contributed by atoms with Gasteiger partial charge in [0.2, 0.25) is 0 Å².